The number of carbonyl (C=O) groups is 2. The van der Waals surface area contributed by atoms with Gasteiger partial charge >= 0.3 is 0 Å². The van der Waals surface area contributed by atoms with Gasteiger partial charge in [-0.25, -0.2) is 0 Å². The second-order valence-corrected chi connectivity index (χ2v) is 6.52. The summed E-state index contributed by atoms with van der Waals surface area (Å²) in [6, 6.07) is 7.99. The third-order valence-electron chi connectivity index (χ3n) is 4.60. The zero-order valence-electron chi connectivity index (χ0n) is 13.9. The Morgan fingerprint density at radius 2 is 2.12 bits per heavy atom. The van der Waals surface area contributed by atoms with Gasteiger partial charge in [0, 0.05) is 34.2 Å². The number of carbonyl (C=O) groups excluding carboxylic acids is 2. The van der Waals surface area contributed by atoms with Crippen molar-refractivity contribution in [1.82, 2.24) is 10.3 Å². The summed E-state index contributed by atoms with van der Waals surface area (Å²) in [6.45, 7) is 5.48. The van der Waals surface area contributed by atoms with Crippen molar-refractivity contribution < 1.29 is 9.59 Å². The maximum Gasteiger partial charge on any atom is 0.243 e. The monoisotopic (exact) mass is 325 g/mol. The van der Waals surface area contributed by atoms with E-state index in [1.165, 1.54) is 6.08 Å². The predicted octanol–water partition coefficient (Wildman–Crippen LogP) is 3.28. The minimum Gasteiger partial charge on any atom is -0.359 e. The summed E-state index contributed by atoms with van der Waals surface area (Å²) in [5, 5.41) is 7.01. The fourth-order valence-corrected chi connectivity index (χ4v) is 3.42. The van der Waals surface area contributed by atoms with E-state index >= 15 is 0 Å². The van der Waals surface area contributed by atoms with Crippen LogP contribution < -0.4 is 10.6 Å². The van der Waals surface area contributed by atoms with Gasteiger partial charge < -0.3 is 15.6 Å². The van der Waals surface area contributed by atoms with Crippen LogP contribution in [0.25, 0.3) is 10.9 Å². The fraction of sp³-hybridized carbons (Fsp3) is 0.368. The Labute approximate surface area is 141 Å². The van der Waals surface area contributed by atoms with Crippen molar-refractivity contribution in [3.63, 3.8) is 0 Å². The van der Waals surface area contributed by atoms with E-state index < -0.39 is 0 Å². The number of H-pyrrole nitrogens is 1. The van der Waals surface area contributed by atoms with Crippen molar-refractivity contribution in [2.45, 2.75) is 38.6 Å². The third-order valence-corrected chi connectivity index (χ3v) is 4.60. The summed E-state index contributed by atoms with van der Waals surface area (Å²) in [5.74, 6) is -0.217. The number of anilines is 1. The molecule has 0 radical (unpaired) electrons. The van der Waals surface area contributed by atoms with Crippen molar-refractivity contribution in [3.8, 4) is 0 Å². The molecule has 1 aromatic heterocycles. The molecule has 1 fully saturated rings. The normalized spacial score (nSPS) is 20.5. The molecule has 0 saturated heterocycles. The average molecular weight is 325 g/mol. The molecule has 0 bridgehead atoms. The number of hydrogen-bond acceptors (Lipinski definition) is 2. The Morgan fingerprint density at radius 3 is 2.92 bits per heavy atom. The molecule has 2 aromatic rings. The minimum absolute atomic E-state index is 0.0270. The largest absolute Gasteiger partial charge is 0.359 e. The summed E-state index contributed by atoms with van der Waals surface area (Å²) >= 11 is 0. The summed E-state index contributed by atoms with van der Waals surface area (Å²) < 4.78 is 0. The van der Waals surface area contributed by atoms with E-state index in [0.29, 0.717) is 6.42 Å². The first-order valence-corrected chi connectivity index (χ1v) is 8.38. The van der Waals surface area contributed by atoms with Crippen LogP contribution in [0, 0.1) is 12.8 Å². The Bertz CT molecular complexity index is 778. The lowest BCUT2D eigenvalue weighted by molar-refractivity contribution is -0.122. The van der Waals surface area contributed by atoms with E-state index in [1.807, 2.05) is 25.1 Å². The van der Waals surface area contributed by atoms with Crippen LogP contribution in [0.3, 0.4) is 0 Å². The smallest absolute Gasteiger partial charge is 0.243 e. The van der Waals surface area contributed by atoms with E-state index in [0.717, 1.165) is 41.5 Å². The lowest BCUT2D eigenvalue weighted by atomic mass is 9.85. The number of aryl methyl sites for hydroxylation is 1. The minimum atomic E-state index is -0.172. The molecule has 3 rings (SSSR count). The number of amides is 2. The van der Waals surface area contributed by atoms with Gasteiger partial charge in [0.05, 0.1) is 0 Å². The van der Waals surface area contributed by atoms with E-state index in [4.69, 9.17) is 0 Å². The highest BCUT2D eigenvalue weighted by molar-refractivity contribution is 5.95. The zero-order valence-corrected chi connectivity index (χ0v) is 13.9. The number of fused-ring (bicyclic) bond motifs is 1. The van der Waals surface area contributed by atoms with Crippen LogP contribution >= 0.6 is 0 Å². The molecule has 1 aromatic carbocycles. The molecule has 1 heterocycles. The van der Waals surface area contributed by atoms with Crippen LogP contribution in [0.5, 0.6) is 0 Å². The second kappa shape index (κ2) is 6.91. The van der Waals surface area contributed by atoms with Gasteiger partial charge in [0.2, 0.25) is 11.8 Å². The number of nitrogens with one attached hydrogen (secondary N) is 3. The Morgan fingerprint density at radius 1 is 1.29 bits per heavy atom. The highest BCUT2D eigenvalue weighted by Crippen LogP contribution is 2.26. The molecular formula is C19H23N3O2. The molecule has 5 heteroatoms. The average Bonchev–Trinajstić information content (AvgIpc) is 2.94. The molecule has 1 saturated carbocycles. The molecule has 126 valence electrons. The first-order valence-electron chi connectivity index (χ1n) is 8.38. The maximum atomic E-state index is 12.6. The van der Waals surface area contributed by atoms with Gasteiger partial charge in [-0.3, -0.25) is 9.59 Å². The molecule has 0 aliphatic heterocycles. The maximum absolute atomic E-state index is 12.6. The van der Waals surface area contributed by atoms with Crippen LogP contribution in [0.2, 0.25) is 0 Å². The molecule has 5 nitrogen and oxygen atoms in total. The predicted molar refractivity (Wildman–Crippen MR) is 95.8 cm³/mol. The summed E-state index contributed by atoms with van der Waals surface area (Å²) in [5.41, 5.74) is 2.97. The Hall–Kier alpha value is -2.56. The third kappa shape index (κ3) is 3.67. The molecule has 3 N–H and O–H groups in total. The quantitative estimate of drug-likeness (QED) is 0.755. The van der Waals surface area contributed by atoms with Crippen molar-refractivity contribution in [3.05, 3.63) is 42.6 Å². The van der Waals surface area contributed by atoms with Crippen LogP contribution in [-0.2, 0) is 9.59 Å². The van der Waals surface area contributed by atoms with Crippen molar-refractivity contribution in [2.24, 2.45) is 5.92 Å². The van der Waals surface area contributed by atoms with Crippen LogP contribution in [0.15, 0.2) is 36.9 Å². The number of aromatic amines is 1. The number of rotatable bonds is 4. The molecule has 1 aliphatic carbocycles. The molecule has 24 heavy (non-hydrogen) atoms. The van der Waals surface area contributed by atoms with E-state index in [2.05, 4.69) is 28.3 Å². The van der Waals surface area contributed by atoms with Crippen molar-refractivity contribution in [2.75, 3.05) is 5.32 Å². The van der Waals surface area contributed by atoms with Crippen molar-refractivity contribution in [1.29, 1.82) is 0 Å². The van der Waals surface area contributed by atoms with Gasteiger partial charge in [-0.1, -0.05) is 13.0 Å². The van der Waals surface area contributed by atoms with Gasteiger partial charge in [-0.15, -0.1) is 0 Å². The molecule has 0 spiro atoms. The lowest BCUT2D eigenvalue weighted by Gasteiger charge is -2.28. The van der Waals surface area contributed by atoms with Gasteiger partial charge in [0.1, 0.15) is 0 Å². The Kier molecular flexibility index (Phi) is 4.69. The molecule has 2 amide bonds. The first kappa shape index (κ1) is 16.3. The van der Waals surface area contributed by atoms with Gasteiger partial charge in [0.15, 0.2) is 0 Å². The standard InChI is InChI=1S/C19H23N3O2/c1-3-18(23)21-15-6-4-5-13(10-15)19(24)22-16-7-8-17-14(11-16)9-12(2)20-17/h3,7-9,11,13,15,20H,1,4-6,10H2,2H3,(H,21,23)(H,22,24)/t13-,15+/m1/s1. The Balaban J connectivity index is 1.64. The van der Waals surface area contributed by atoms with Gasteiger partial charge in [-0.2, -0.15) is 0 Å². The molecule has 1 aliphatic rings. The molecular weight excluding hydrogens is 302 g/mol. The van der Waals surface area contributed by atoms with E-state index in [9.17, 15) is 9.59 Å². The highest BCUT2D eigenvalue weighted by atomic mass is 16.2. The van der Waals surface area contributed by atoms with Gasteiger partial charge in [-0.05, 0) is 56.5 Å². The molecule has 0 unspecified atom stereocenters. The number of benzene rings is 1. The highest BCUT2D eigenvalue weighted by Gasteiger charge is 2.27. The number of aromatic nitrogens is 1. The molecule has 2 atom stereocenters. The van der Waals surface area contributed by atoms with Crippen LogP contribution in [0.1, 0.15) is 31.4 Å². The SMILES string of the molecule is C=CC(=O)N[C@H]1CCC[C@@H](C(=O)Nc2ccc3[nH]c(C)cc3c2)C1. The first-order chi connectivity index (χ1) is 11.5. The number of hydrogen-bond donors (Lipinski definition) is 3. The zero-order chi connectivity index (χ0) is 17.1. The van der Waals surface area contributed by atoms with E-state index in [-0.39, 0.29) is 23.8 Å². The summed E-state index contributed by atoms with van der Waals surface area (Å²) in [6.07, 6.45) is 4.67. The summed E-state index contributed by atoms with van der Waals surface area (Å²) in [4.78, 5) is 27.3. The fourth-order valence-electron chi connectivity index (χ4n) is 3.42. The lowest BCUT2D eigenvalue weighted by Crippen LogP contribution is -2.40. The summed E-state index contributed by atoms with van der Waals surface area (Å²) in [7, 11) is 0. The van der Waals surface area contributed by atoms with Crippen LogP contribution in [0.4, 0.5) is 5.69 Å². The van der Waals surface area contributed by atoms with Crippen LogP contribution in [-0.4, -0.2) is 22.8 Å². The topological polar surface area (TPSA) is 74.0 Å². The van der Waals surface area contributed by atoms with Crippen molar-refractivity contribution >= 4 is 28.4 Å². The van der Waals surface area contributed by atoms with Gasteiger partial charge in [0.25, 0.3) is 0 Å². The second-order valence-electron chi connectivity index (χ2n) is 6.52. The van der Waals surface area contributed by atoms with E-state index in [1.54, 1.807) is 0 Å².